The highest BCUT2D eigenvalue weighted by molar-refractivity contribution is 6.00. The zero-order valence-corrected chi connectivity index (χ0v) is 13.7. The van der Waals surface area contributed by atoms with Crippen molar-refractivity contribution < 1.29 is 19.1 Å². The first kappa shape index (κ1) is 16.1. The molecule has 0 aliphatic carbocycles. The summed E-state index contributed by atoms with van der Waals surface area (Å²) in [5.41, 5.74) is 2.24. The van der Waals surface area contributed by atoms with E-state index in [1.54, 1.807) is 23.1 Å². The summed E-state index contributed by atoms with van der Waals surface area (Å²) in [7, 11) is 0. The monoisotopic (exact) mass is 325 g/mol. The number of anilines is 1. The molecule has 1 aliphatic rings. The quantitative estimate of drug-likeness (QED) is 0.811. The molecule has 0 N–H and O–H groups in total. The van der Waals surface area contributed by atoms with Crippen LogP contribution in [-0.4, -0.2) is 31.4 Å². The van der Waals surface area contributed by atoms with Gasteiger partial charge in [-0.3, -0.25) is 9.59 Å². The van der Waals surface area contributed by atoms with Crippen LogP contribution in [0.3, 0.4) is 0 Å². The molecule has 2 aromatic rings. The molecule has 0 bridgehead atoms. The molecular formula is C19H19NO4. The van der Waals surface area contributed by atoms with Gasteiger partial charge in [-0.15, -0.1) is 0 Å². The Bertz CT molecular complexity index is 785. The maximum atomic E-state index is 12.6. The van der Waals surface area contributed by atoms with E-state index in [1.165, 1.54) is 6.92 Å². The molecule has 1 aliphatic heterocycles. The van der Waals surface area contributed by atoms with Crippen LogP contribution >= 0.6 is 0 Å². The molecule has 0 unspecified atom stereocenters. The lowest BCUT2D eigenvalue weighted by atomic mass is 10.1. The third kappa shape index (κ3) is 3.40. The highest BCUT2D eigenvalue weighted by Crippen LogP contribution is 2.32. The average Bonchev–Trinajstić information content (AvgIpc) is 2.58. The molecular weight excluding hydrogens is 306 g/mol. The Kier molecular flexibility index (Phi) is 4.51. The number of carbonyl (C=O) groups is 2. The topological polar surface area (TPSA) is 55.8 Å². The molecule has 0 saturated carbocycles. The van der Waals surface area contributed by atoms with E-state index in [2.05, 4.69) is 0 Å². The first-order valence-electron chi connectivity index (χ1n) is 7.82. The number of hydrogen-bond acceptors (Lipinski definition) is 4. The largest absolute Gasteiger partial charge is 0.490 e. The summed E-state index contributed by atoms with van der Waals surface area (Å²) in [6, 6.07) is 12.7. The summed E-state index contributed by atoms with van der Waals surface area (Å²) in [5.74, 6) is 1.05. The molecule has 0 fully saturated rings. The van der Waals surface area contributed by atoms with E-state index >= 15 is 0 Å². The van der Waals surface area contributed by atoms with Crippen LogP contribution in [0.5, 0.6) is 11.5 Å². The van der Waals surface area contributed by atoms with Crippen LogP contribution in [0.15, 0.2) is 42.5 Å². The first-order valence-corrected chi connectivity index (χ1v) is 7.82. The number of amides is 1. The van der Waals surface area contributed by atoms with Crippen molar-refractivity contribution in [3.8, 4) is 11.5 Å². The smallest absolute Gasteiger partial charge is 0.265 e. The molecule has 5 nitrogen and oxygen atoms in total. The maximum Gasteiger partial charge on any atom is 0.265 e. The van der Waals surface area contributed by atoms with Gasteiger partial charge in [0.2, 0.25) is 0 Å². The molecule has 1 heterocycles. The van der Waals surface area contributed by atoms with Crippen molar-refractivity contribution in [2.75, 3.05) is 24.7 Å². The summed E-state index contributed by atoms with van der Waals surface area (Å²) >= 11 is 0. The average molecular weight is 325 g/mol. The molecule has 124 valence electrons. The second-order valence-electron chi connectivity index (χ2n) is 5.74. The van der Waals surface area contributed by atoms with Crippen molar-refractivity contribution in [3.05, 3.63) is 53.6 Å². The number of aryl methyl sites for hydroxylation is 1. The Morgan fingerprint density at radius 3 is 2.79 bits per heavy atom. The molecule has 3 rings (SSSR count). The normalized spacial score (nSPS) is 13.0. The molecule has 0 saturated heterocycles. The van der Waals surface area contributed by atoms with Crippen molar-refractivity contribution in [2.24, 2.45) is 0 Å². The summed E-state index contributed by atoms with van der Waals surface area (Å²) in [5, 5.41) is 0. The fourth-order valence-corrected chi connectivity index (χ4v) is 2.62. The van der Waals surface area contributed by atoms with Gasteiger partial charge in [0.1, 0.15) is 18.1 Å². The van der Waals surface area contributed by atoms with Gasteiger partial charge in [0.25, 0.3) is 5.91 Å². The van der Waals surface area contributed by atoms with Gasteiger partial charge in [-0.2, -0.15) is 0 Å². The van der Waals surface area contributed by atoms with Crippen molar-refractivity contribution in [1.29, 1.82) is 0 Å². The highest BCUT2D eigenvalue weighted by atomic mass is 16.5. The van der Waals surface area contributed by atoms with Crippen molar-refractivity contribution in [1.82, 2.24) is 0 Å². The Hall–Kier alpha value is -2.82. The minimum absolute atomic E-state index is 0.0493. The zero-order valence-electron chi connectivity index (χ0n) is 13.7. The third-order valence-electron chi connectivity index (χ3n) is 3.88. The molecule has 0 aromatic heterocycles. The number of hydrogen-bond donors (Lipinski definition) is 0. The van der Waals surface area contributed by atoms with Gasteiger partial charge in [-0.05, 0) is 49.7 Å². The van der Waals surface area contributed by atoms with Crippen molar-refractivity contribution in [2.45, 2.75) is 13.8 Å². The number of rotatable bonds is 4. The van der Waals surface area contributed by atoms with E-state index in [1.807, 2.05) is 31.2 Å². The van der Waals surface area contributed by atoms with Crippen molar-refractivity contribution >= 4 is 17.4 Å². The first-order chi connectivity index (χ1) is 11.5. The number of carbonyl (C=O) groups excluding carboxylic acids is 2. The molecule has 5 heteroatoms. The summed E-state index contributed by atoms with van der Waals surface area (Å²) in [4.78, 5) is 25.8. The number of nitrogens with zero attached hydrogens (tertiary/aromatic N) is 1. The van der Waals surface area contributed by atoms with Gasteiger partial charge >= 0.3 is 0 Å². The van der Waals surface area contributed by atoms with Crippen LogP contribution in [0.1, 0.15) is 22.8 Å². The van der Waals surface area contributed by atoms with Gasteiger partial charge in [0.15, 0.2) is 12.4 Å². The lowest BCUT2D eigenvalue weighted by Gasteiger charge is -2.29. The van der Waals surface area contributed by atoms with Gasteiger partial charge in [0.05, 0.1) is 12.2 Å². The summed E-state index contributed by atoms with van der Waals surface area (Å²) in [6.07, 6.45) is 0. The van der Waals surface area contributed by atoms with Gasteiger partial charge in [-0.1, -0.05) is 12.1 Å². The minimum atomic E-state index is -0.165. The van der Waals surface area contributed by atoms with Crippen LogP contribution in [0.2, 0.25) is 0 Å². The number of fused-ring (bicyclic) bond motifs is 1. The summed E-state index contributed by atoms with van der Waals surface area (Å²) in [6.45, 7) is 4.26. The minimum Gasteiger partial charge on any atom is -0.490 e. The molecule has 0 radical (unpaired) electrons. The number of Topliss-reactive ketones (excluding diaryl/α,β-unsaturated/α-hetero) is 1. The van der Waals surface area contributed by atoms with Gasteiger partial charge in [0, 0.05) is 5.56 Å². The number of ketones is 1. The highest BCUT2D eigenvalue weighted by Gasteiger charge is 2.24. The summed E-state index contributed by atoms with van der Waals surface area (Å²) < 4.78 is 11.2. The van der Waals surface area contributed by atoms with Crippen LogP contribution in [0, 0.1) is 6.92 Å². The Balaban J connectivity index is 1.76. The zero-order chi connectivity index (χ0) is 17.1. The SMILES string of the molecule is CC(=O)c1ccc2c(c1)N(C(=O)COc1cccc(C)c1)CCO2. The predicted molar refractivity (Wildman–Crippen MR) is 91.0 cm³/mol. The fourth-order valence-electron chi connectivity index (χ4n) is 2.62. The van der Waals surface area contributed by atoms with E-state index < -0.39 is 0 Å². The van der Waals surface area contributed by atoms with Crippen LogP contribution in [0.4, 0.5) is 5.69 Å². The second-order valence-corrected chi connectivity index (χ2v) is 5.74. The molecule has 24 heavy (non-hydrogen) atoms. The van der Waals surface area contributed by atoms with E-state index in [9.17, 15) is 9.59 Å². The lowest BCUT2D eigenvalue weighted by molar-refractivity contribution is -0.120. The second kappa shape index (κ2) is 6.74. The lowest BCUT2D eigenvalue weighted by Crippen LogP contribution is -2.40. The number of ether oxygens (including phenoxy) is 2. The van der Waals surface area contributed by atoms with Crippen LogP contribution < -0.4 is 14.4 Å². The maximum absolute atomic E-state index is 12.6. The standard InChI is InChI=1S/C19H19NO4/c1-13-4-3-5-16(10-13)24-12-19(22)20-8-9-23-18-7-6-15(14(2)21)11-17(18)20/h3-7,10-11H,8-9,12H2,1-2H3. The Morgan fingerprint density at radius 1 is 1.21 bits per heavy atom. The third-order valence-corrected chi connectivity index (χ3v) is 3.88. The predicted octanol–water partition coefficient (Wildman–Crippen LogP) is 3.00. The fraction of sp³-hybridized carbons (Fsp3) is 0.263. The Labute approximate surface area is 140 Å². The Morgan fingerprint density at radius 2 is 2.04 bits per heavy atom. The molecule has 1 amide bonds. The molecule has 0 atom stereocenters. The molecule has 2 aromatic carbocycles. The van der Waals surface area contributed by atoms with E-state index in [0.29, 0.717) is 35.9 Å². The van der Waals surface area contributed by atoms with E-state index in [4.69, 9.17) is 9.47 Å². The van der Waals surface area contributed by atoms with Gasteiger partial charge < -0.3 is 14.4 Å². The van der Waals surface area contributed by atoms with Crippen molar-refractivity contribution in [3.63, 3.8) is 0 Å². The number of benzene rings is 2. The van der Waals surface area contributed by atoms with Crippen LogP contribution in [0.25, 0.3) is 0 Å². The molecule has 0 spiro atoms. The van der Waals surface area contributed by atoms with E-state index in [0.717, 1.165) is 5.56 Å². The van der Waals surface area contributed by atoms with Gasteiger partial charge in [-0.25, -0.2) is 0 Å². The van der Waals surface area contributed by atoms with E-state index in [-0.39, 0.29) is 18.3 Å². The van der Waals surface area contributed by atoms with Crippen LogP contribution in [-0.2, 0) is 4.79 Å².